The van der Waals surface area contributed by atoms with Gasteiger partial charge in [-0.15, -0.1) is 0 Å². The number of amides is 1. The fourth-order valence-corrected chi connectivity index (χ4v) is 1.93. The summed E-state index contributed by atoms with van der Waals surface area (Å²) in [4.78, 5) is 16.3. The van der Waals surface area contributed by atoms with Crippen molar-refractivity contribution in [3.05, 3.63) is 60.6 Å². The molecule has 0 spiro atoms. The summed E-state index contributed by atoms with van der Waals surface area (Å²) in [6, 6.07) is 10.8. The zero-order chi connectivity index (χ0) is 13.9. The van der Waals surface area contributed by atoms with Crippen molar-refractivity contribution in [2.24, 2.45) is 0 Å². The second kappa shape index (κ2) is 5.05. The number of anilines is 1. The molecule has 3 rings (SSSR count). The van der Waals surface area contributed by atoms with Gasteiger partial charge in [0, 0.05) is 24.3 Å². The molecule has 20 heavy (non-hydrogen) atoms. The first-order chi connectivity index (χ1) is 9.76. The molecule has 5 nitrogen and oxygen atoms in total. The number of nitrogens with one attached hydrogen (secondary N) is 1. The smallest absolute Gasteiger partial charge is 0.257 e. The zero-order valence-electron chi connectivity index (χ0n) is 10.9. The minimum absolute atomic E-state index is 0.161. The Balaban J connectivity index is 1.80. The van der Waals surface area contributed by atoms with Gasteiger partial charge in [-0.2, -0.15) is 0 Å². The van der Waals surface area contributed by atoms with Gasteiger partial charge in [0.05, 0.1) is 12.7 Å². The van der Waals surface area contributed by atoms with Crippen molar-refractivity contribution in [1.82, 2.24) is 9.38 Å². The standard InChI is InChI=1S/C15H13N3O2/c1-20-13-5-3-12(4-6-13)17-15(19)11-2-7-14-16-8-9-18(14)10-11/h2-10H,1H3,(H,17,19). The lowest BCUT2D eigenvalue weighted by Crippen LogP contribution is -2.12. The monoisotopic (exact) mass is 267 g/mol. The molecule has 0 atom stereocenters. The van der Waals surface area contributed by atoms with Gasteiger partial charge in [-0.05, 0) is 36.4 Å². The molecular weight excluding hydrogens is 254 g/mol. The fraction of sp³-hybridized carbons (Fsp3) is 0.0667. The molecule has 3 aromatic rings. The Hall–Kier alpha value is -2.82. The van der Waals surface area contributed by atoms with Crippen LogP contribution in [0.1, 0.15) is 10.4 Å². The van der Waals surface area contributed by atoms with Gasteiger partial charge in [0.25, 0.3) is 5.91 Å². The number of ether oxygens (including phenoxy) is 1. The molecule has 5 heteroatoms. The van der Waals surface area contributed by atoms with Crippen LogP contribution in [0.15, 0.2) is 55.0 Å². The second-order valence-corrected chi connectivity index (χ2v) is 4.29. The molecule has 2 aromatic heterocycles. The largest absolute Gasteiger partial charge is 0.497 e. The van der Waals surface area contributed by atoms with Gasteiger partial charge in [0.15, 0.2) is 0 Å². The summed E-state index contributed by atoms with van der Waals surface area (Å²) in [5.41, 5.74) is 2.11. The maximum atomic E-state index is 12.2. The molecule has 0 saturated heterocycles. The quantitative estimate of drug-likeness (QED) is 0.793. The summed E-state index contributed by atoms with van der Waals surface area (Å²) >= 11 is 0. The van der Waals surface area contributed by atoms with E-state index in [9.17, 15) is 4.79 Å². The van der Waals surface area contributed by atoms with Crippen LogP contribution in [0, 0.1) is 0 Å². The lowest BCUT2D eigenvalue weighted by atomic mass is 10.2. The predicted molar refractivity (Wildman–Crippen MR) is 76.1 cm³/mol. The third kappa shape index (κ3) is 2.33. The first kappa shape index (κ1) is 12.2. The van der Waals surface area contributed by atoms with Crippen molar-refractivity contribution in [3.63, 3.8) is 0 Å². The van der Waals surface area contributed by atoms with E-state index in [-0.39, 0.29) is 5.91 Å². The number of fused-ring (bicyclic) bond motifs is 1. The molecule has 0 radical (unpaired) electrons. The maximum absolute atomic E-state index is 12.2. The van der Waals surface area contributed by atoms with E-state index in [1.165, 1.54) is 0 Å². The lowest BCUT2D eigenvalue weighted by Gasteiger charge is -2.06. The van der Waals surface area contributed by atoms with E-state index in [2.05, 4.69) is 10.3 Å². The van der Waals surface area contributed by atoms with Crippen LogP contribution in [0.3, 0.4) is 0 Å². The van der Waals surface area contributed by atoms with E-state index in [1.807, 2.05) is 10.5 Å². The van der Waals surface area contributed by atoms with Crippen LogP contribution in [0.25, 0.3) is 5.65 Å². The van der Waals surface area contributed by atoms with Crippen molar-refractivity contribution < 1.29 is 9.53 Å². The molecule has 2 heterocycles. The number of rotatable bonds is 3. The SMILES string of the molecule is COc1ccc(NC(=O)c2ccc3nccn3c2)cc1. The number of hydrogen-bond acceptors (Lipinski definition) is 3. The van der Waals surface area contributed by atoms with E-state index >= 15 is 0 Å². The number of methoxy groups -OCH3 is 1. The second-order valence-electron chi connectivity index (χ2n) is 4.29. The molecule has 0 bridgehead atoms. The average Bonchev–Trinajstić information content (AvgIpc) is 2.95. The molecule has 0 aliphatic carbocycles. The van der Waals surface area contributed by atoms with Crippen molar-refractivity contribution >= 4 is 17.2 Å². The number of hydrogen-bond donors (Lipinski definition) is 1. The normalized spacial score (nSPS) is 10.4. The number of aromatic nitrogens is 2. The summed E-state index contributed by atoms with van der Waals surface area (Å²) in [6.45, 7) is 0. The third-order valence-electron chi connectivity index (χ3n) is 3.00. The summed E-state index contributed by atoms with van der Waals surface area (Å²) in [6.07, 6.45) is 5.25. The molecule has 0 fully saturated rings. The minimum atomic E-state index is -0.161. The van der Waals surface area contributed by atoms with Crippen LogP contribution < -0.4 is 10.1 Å². The zero-order valence-corrected chi connectivity index (χ0v) is 10.9. The summed E-state index contributed by atoms with van der Waals surface area (Å²) in [5, 5.41) is 2.84. The van der Waals surface area contributed by atoms with Crippen LogP contribution in [0.5, 0.6) is 5.75 Å². The van der Waals surface area contributed by atoms with Gasteiger partial charge < -0.3 is 14.5 Å². The molecule has 1 N–H and O–H groups in total. The Morgan fingerprint density at radius 3 is 2.75 bits per heavy atom. The first-order valence-electron chi connectivity index (χ1n) is 6.14. The van der Waals surface area contributed by atoms with E-state index in [4.69, 9.17) is 4.74 Å². The Labute approximate surface area is 115 Å². The van der Waals surface area contributed by atoms with E-state index in [1.54, 1.807) is 56.0 Å². The van der Waals surface area contributed by atoms with Crippen LogP contribution in [-0.4, -0.2) is 22.4 Å². The number of imidazole rings is 1. The van der Waals surface area contributed by atoms with E-state index < -0.39 is 0 Å². The van der Waals surface area contributed by atoms with E-state index in [0.717, 1.165) is 17.1 Å². The van der Waals surface area contributed by atoms with Gasteiger partial charge in [0.1, 0.15) is 11.4 Å². The number of carbonyl (C=O) groups excluding carboxylic acids is 1. The highest BCUT2D eigenvalue weighted by molar-refractivity contribution is 6.04. The number of pyridine rings is 1. The van der Waals surface area contributed by atoms with Crippen molar-refractivity contribution in [2.45, 2.75) is 0 Å². The van der Waals surface area contributed by atoms with Gasteiger partial charge >= 0.3 is 0 Å². The molecule has 0 saturated carbocycles. The van der Waals surface area contributed by atoms with Crippen molar-refractivity contribution in [3.8, 4) is 5.75 Å². The average molecular weight is 267 g/mol. The summed E-state index contributed by atoms with van der Waals surface area (Å²) < 4.78 is 6.88. The number of carbonyl (C=O) groups is 1. The highest BCUT2D eigenvalue weighted by Crippen LogP contribution is 2.16. The van der Waals surface area contributed by atoms with Crippen molar-refractivity contribution in [2.75, 3.05) is 12.4 Å². The molecule has 100 valence electrons. The maximum Gasteiger partial charge on any atom is 0.257 e. The van der Waals surface area contributed by atoms with Crippen LogP contribution >= 0.6 is 0 Å². The molecule has 0 aliphatic rings. The minimum Gasteiger partial charge on any atom is -0.497 e. The summed E-state index contributed by atoms with van der Waals surface area (Å²) in [5.74, 6) is 0.591. The number of benzene rings is 1. The Bertz CT molecular complexity index is 747. The van der Waals surface area contributed by atoms with Gasteiger partial charge in [-0.3, -0.25) is 4.79 Å². The fourth-order valence-electron chi connectivity index (χ4n) is 1.93. The van der Waals surface area contributed by atoms with Gasteiger partial charge in [-0.25, -0.2) is 4.98 Å². The van der Waals surface area contributed by atoms with Crippen LogP contribution in [0.2, 0.25) is 0 Å². The van der Waals surface area contributed by atoms with Crippen LogP contribution in [-0.2, 0) is 0 Å². The lowest BCUT2D eigenvalue weighted by molar-refractivity contribution is 0.102. The Kier molecular flexibility index (Phi) is 3.09. The van der Waals surface area contributed by atoms with Crippen LogP contribution in [0.4, 0.5) is 5.69 Å². The summed E-state index contributed by atoms with van der Waals surface area (Å²) in [7, 11) is 1.61. The number of nitrogens with zero attached hydrogens (tertiary/aromatic N) is 2. The first-order valence-corrected chi connectivity index (χ1v) is 6.14. The molecule has 1 aromatic carbocycles. The highest BCUT2D eigenvalue weighted by atomic mass is 16.5. The van der Waals surface area contributed by atoms with Gasteiger partial charge in [0.2, 0.25) is 0 Å². The Morgan fingerprint density at radius 1 is 1.20 bits per heavy atom. The van der Waals surface area contributed by atoms with Crippen molar-refractivity contribution in [1.29, 1.82) is 0 Å². The highest BCUT2D eigenvalue weighted by Gasteiger charge is 2.07. The predicted octanol–water partition coefficient (Wildman–Crippen LogP) is 2.60. The Morgan fingerprint density at radius 2 is 2.00 bits per heavy atom. The third-order valence-corrected chi connectivity index (χ3v) is 3.00. The molecule has 1 amide bonds. The molecule has 0 unspecified atom stereocenters. The topological polar surface area (TPSA) is 55.6 Å². The molecular formula is C15H13N3O2. The van der Waals surface area contributed by atoms with E-state index in [0.29, 0.717) is 5.56 Å². The van der Waals surface area contributed by atoms with Gasteiger partial charge in [-0.1, -0.05) is 0 Å². The molecule has 0 aliphatic heterocycles.